The average molecular weight is 228 g/mol. The summed E-state index contributed by atoms with van der Waals surface area (Å²) >= 11 is 0. The number of hydrogen-bond donors (Lipinski definition) is 2. The van der Waals surface area contributed by atoms with Crippen LogP contribution in [0.25, 0.3) is 10.9 Å². The highest BCUT2D eigenvalue weighted by Crippen LogP contribution is 2.36. The fraction of sp³-hybridized carbons (Fsp3) is 0.467. The van der Waals surface area contributed by atoms with Gasteiger partial charge in [0.1, 0.15) is 0 Å². The summed E-state index contributed by atoms with van der Waals surface area (Å²) in [6.45, 7) is 4.40. The van der Waals surface area contributed by atoms with Crippen LogP contribution in [0.15, 0.2) is 12.1 Å². The molecule has 0 bridgehead atoms. The molecule has 2 aromatic rings. The third kappa shape index (κ3) is 1.59. The summed E-state index contributed by atoms with van der Waals surface area (Å²) < 4.78 is 0. The number of hydrogen-bond acceptors (Lipinski definition) is 1. The molecule has 3 rings (SSSR count). The molecule has 1 aromatic heterocycles. The van der Waals surface area contributed by atoms with Crippen LogP contribution in [0.4, 0.5) is 0 Å². The molecule has 1 aromatic carbocycles. The van der Waals surface area contributed by atoms with Gasteiger partial charge in [-0.3, -0.25) is 0 Å². The van der Waals surface area contributed by atoms with Gasteiger partial charge in [0.05, 0.1) is 0 Å². The van der Waals surface area contributed by atoms with E-state index in [0.29, 0.717) is 6.04 Å². The zero-order valence-corrected chi connectivity index (χ0v) is 10.9. The first-order chi connectivity index (χ1) is 8.20. The monoisotopic (exact) mass is 228 g/mol. The number of H-pyrrole nitrogens is 1. The molecule has 0 amide bonds. The maximum atomic E-state index is 3.64. The summed E-state index contributed by atoms with van der Waals surface area (Å²) in [6.07, 6.45) is 3.75. The second kappa shape index (κ2) is 3.88. The van der Waals surface area contributed by atoms with Gasteiger partial charge in [0.15, 0.2) is 0 Å². The molecule has 2 N–H and O–H groups in total. The van der Waals surface area contributed by atoms with E-state index in [1.807, 2.05) is 0 Å². The maximum Gasteiger partial charge on any atom is 0.0473 e. The molecule has 1 aliphatic rings. The molecule has 2 heteroatoms. The van der Waals surface area contributed by atoms with Crippen LogP contribution in [-0.2, 0) is 6.42 Å². The van der Waals surface area contributed by atoms with Gasteiger partial charge in [-0.1, -0.05) is 6.07 Å². The number of rotatable bonds is 1. The molecule has 1 atom stereocenters. The number of aromatic amines is 1. The Hall–Kier alpha value is -1.28. The van der Waals surface area contributed by atoms with E-state index in [9.17, 15) is 0 Å². The van der Waals surface area contributed by atoms with Crippen molar-refractivity contribution in [3.63, 3.8) is 0 Å². The van der Waals surface area contributed by atoms with E-state index >= 15 is 0 Å². The first-order valence-corrected chi connectivity index (χ1v) is 6.49. The van der Waals surface area contributed by atoms with Crippen LogP contribution < -0.4 is 5.32 Å². The lowest BCUT2D eigenvalue weighted by atomic mass is 9.90. The van der Waals surface area contributed by atoms with Gasteiger partial charge < -0.3 is 10.3 Å². The third-order valence-corrected chi connectivity index (χ3v) is 3.99. The van der Waals surface area contributed by atoms with E-state index in [2.05, 4.69) is 43.3 Å². The van der Waals surface area contributed by atoms with E-state index in [-0.39, 0.29) is 0 Å². The summed E-state index contributed by atoms with van der Waals surface area (Å²) in [5.41, 5.74) is 7.03. The van der Waals surface area contributed by atoms with Gasteiger partial charge >= 0.3 is 0 Å². The van der Waals surface area contributed by atoms with Crippen LogP contribution in [0.3, 0.4) is 0 Å². The number of aromatic nitrogens is 1. The molecule has 1 heterocycles. The van der Waals surface area contributed by atoms with Crippen molar-refractivity contribution in [1.82, 2.24) is 10.3 Å². The van der Waals surface area contributed by atoms with E-state index in [1.54, 1.807) is 5.56 Å². The Kier molecular flexibility index (Phi) is 2.48. The molecule has 90 valence electrons. The van der Waals surface area contributed by atoms with Crippen LogP contribution in [0.1, 0.15) is 41.3 Å². The van der Waals surface area contributed by atoms with Gasteiger partial charge in [-0.05, 0) is 62.9 Å². The van der Waals surface area contributed by atoms with Crippen LogP contribution >= 0.6 is 0 Å². The highest BCUT2D eigenvalue weighted by molar-refractivity contribution is 5.88. The predicted molar refractivity (Wildman–Crippen MR) is 72.5 cm³/mol. The van der Waals surface area contributed by atoms with Crippen molar-refractivity contribution in [3.8, 4) is 0 Å². The summed E-state index contributed by atoms with van der Waals surface area (Å²) in [5.74, 6) is 0. The Bertz CT molecular complexity index is 566. The van der Waals surface area contributed by atoms with Crippen molar-refractivity contribution in [1.29, 1.82) is 0 Å². The fourth-order valence-corrected chi connectivity index (χ4v) is 3.30. The Morgan fingerprint density at radius 1 is 1.29 bits per heavy atom. The lowest BCUT2D eigenvalue weighted by Gasteiger charge is -2.22. The third-order valence-electron chi connectivity index (χ3n) is 3.99. The SMILES string of the molecule is CNC1CCCc2c1[nH]c1cc(C)cc(C)c21. The highest BCUT2D eigenvalue weighted by Gasteiger charge is 2.23. The molecular weight excluding hydrogens is 208 g/mol. The van der Waals surface area contributed by atoms with Crippen molar-refractivity contribution < 1.29 is 0 Å². The summed E-state index contributed by atoms with van der Waals surface area (Å²) in [6, 6.07) is 5.07. The molecule has 0 saturated heterocycles. The Morgan fingerprint density at radius 2 is 2.12 bits per heavy atom. The van der Waals surface area contributed by atoms with Crippen molar-refractivity contribution >= 4 is 10.9 Å². The number of benzene rings is 1. The second-order valence-corrected chi connectivity index (χ2v) is 5.26. The molecule has 0 saturated carbocycles. The van der Waals surface area contributed by atoms with Gasteiger partial charge in [0.2, 0.25) is 0 Å². The standard InChI is InChI=1S/C15H20N2/c1-9-7-10(2)14-11-5-4-6-12(16-3)15(11)17-13(14)8-9/h7-8,12,16-17H,4-6H2,1-3H3. The van der Waals surface area contributed by atoms with Gasteiger partial charge in [-0.15, -0.1) is 0 Å². The van der Waals surface area contributed by atoms with Crippen LogP contribution in [0, 0.1) is 13.8 Å². The smallest absolute Gasteiger partial charge is 0.0473 e. The van der Waals surface area contributed by atoms with E-state index < -0.39 is 0 Å². The number of fused-ring (bicyclic) bond motifs is 3. The lowest BCUT2D eigenvalue weighted by Crippen LogP contribution is -2.21. The maximum absolute atomic E-state index is 3.64. The molecule has 0 radical (unpaired) electrons. The largest absolute Gasteiger partial charge is 0.357 e. The topological polar surface area (TPSA) is 27.8 Å². The van der Waals surface area contributed by atoms with Gasteiger partial charge in [-0.2, -0.15) is 0 Å². The van der Waals surface area contributed by atoms with Crippen molar-refractivity contribution in [2.45, 2.75) is 39.2 Å². The summed E-state index contributed by atoms with van der Waals surface area (Å²) in [5, 5.41) is 4.89. The normalized spacial score (nSPS) is 19.6. The Morgan fingerprint density at radius 3 is 2.88 bits per heavy atom. The molecule has 2 nitrogen and oxygen atoms in total. The first-order valence-electron chi connectivity index (χ1n) is 6.49. The van der Waals surface area contributed by atoms with Crippen molar-refractivity contribution in [2.75, 3.05) is 7.05 Å². The zero-order chi connectivity index (χ0) is 12.0. The second-order valence-electron chi connectivity index (χ2n) is 5.26. The average Bonchev–Trinajstić information content (AvgIpc) is 2.66. The van der Waals surface area contributed by atoms with Gasteiger partial charge in [0, 0.05) is 22.6 Å². The molecule has 0 aliphatic heterocycles. The van der Waals surface area contributed by atoms with Crippen molar-refractivity contribution in [3.05, 3.63) is 34.5 Å². The fourth-order valence-electron chi connectivity index (χ4n) is 3.30. The molecule has 0 spiro atoms. The van der Waals surface area contributed by atoms with E-state index in [0.717, 1.165) is 0 Å². The Balaban J connectivity index is 2.30. The van der Waals surface area contributed by atoms with Crippen molar-refractivity contribution in [2.24, 2.45) is 0 Å². The van der Waals surface area contributed by atoms with Crippen LogP contribution in [0.2, 0.25) is 0 Å². The van der Waals surface area contributed by atoms with Crippen LogP contribution in [0.5, 0.6) is 0 Å². The summed E-state index contributed by atoms with van der Waals surface area (Å²) in [4.78, 5) is 3.64. The van der Waals surface area contributed by atoms with Gasteiger partial charge in [0.25, 0.3) is 0 Å². The number of aryl methyl sites for hydroxylation is 3. The quantitative estimate of drug-likeness (QED) is 0.769. The Labute approximate surface area is 102 Å². The lowest BCUT2D eigenvalue weighted by molar-refractivity contribution is 0.489. The van der Waals surface area contributed by atoms with E-state index in [1.165, 1.54) is 47.0 Å². The zero-order valence-electron chi connectivity index (χ0n) is 10.9. The minimum absolute atomic E-state index is 0.505. The molecule has 1 unspecified atom stereocenters. The molecular formula is C15H20N2. The van der Waals surface area contributed by atoms with Crippen LogP contribution in [-0.4, -0.2) is 12.0 Å². The minimum atomic E-state index is 0.505. The van der Waals surface area contributed by atoms with E-state index in [4.69, 9.17) is 0 Å². The predicted octanol–water partition coefficient (Wildman–Crippen LogP) is 3.38. The number of nitrogens with one attached hydrogen (secondary N) is 2. The first kappa shape index (κ1) is 10.8. The minimum Gasteiger partial charge on any atom is -0.357 e. The van der Waals surface area contributed by atoms with Gasteiger partial charge in [-0.25, -0.2) is 0 Å². The molecule has 1 aliphatic carbocycles. The molecule has 17 heavy (non-hydrogen) atoms. The summed E-state index contributed by atoms with van der Waals surface area (Å²) in [7, 11) is 2.06. The molecule has 0 fully saturated rings. The highest BCUT2D eigenvalue weighted by atomic mass is 14.9.